The molecule has 0 radical (unpaired) electrons. The van der Waals surface area contributed by atoms with E-state index in [1.54, 1.807) is 7.11 Å². The van der Waals surface area contributed by atoms with E-state index in [0.717, 1.165) is 32.0 Å². The van der Waals surface area contributed by atoms with E-state index < -0.39 is 0 Å². The first kappa shape index (κ1) is 14.8. The van der Waals surface area contributed by atoms with Crippen LogP contribution in [0, 0.1) is 5.92 Å². The second-order valence-corrected chi connectivity index (χ2v) is 5.56. The maximum atomic E-state index is 12.6. The van der Waals surface area contributed by atoms with Crippen molar-refractivity contribution in [1.82, 2.24) is 14.5 Å². The van der Waals surface area contributed by atoms with Crippen LogP contribution in [0.5, 0.6) is 0 Å². The Morgan fingerprint density at radius 3 is 3.05 bits per heavy atom. The number of anilines is 1. The predicted molar refractivity (Wildman–Crippen MR) is 78.0 cm³/mol. The first-order valence-electron chi connectivity index (χ1n) is 7.21. The lowest BCUT2D eigenvalue weighted by Crippen LogP contribution is -2.37. The first-order valence-corrected chi connectivity index (χ1v) is 7.21. The molecule has 1 aromatic rings. The van der Waals surface area contributed by atoms with Gasteiger partial charge in [0.1, 0.15) is 5.69 Å². The number of rotatable bonds is 6. The van der Waals surface area contributed by atoms with Crippen molar-refractivity contribution in [2.24, 2.45) is 5.92 Å². The number of aryl methyl sites for hydroxylation is 1. The third-order valence-corrected chi connectivity index (χ3v) is 3.29. The van der Waals surface area contributed by atoms with Crippen LogP contribution in [0.1, 0.15) is 30.8 Å². The standard InChI is InChI=1S/C14H24N4O2/c1-11(2)9-17(7-8-20-3)13(19)12-10-18-6-4-5-15-14(18)16-12/h10-11H,4-9H2,1-3H3,(H,15,16). The molecule has 0 aromatic carbocycles. The molecule has 20 heavy (non-hydrogen) atoms. The van der Waals surface area contributed by atoms with E-state index in [2.05, 4.69) is 24.1 Å². The molecule has 0 spiro atoms. The van der Waals surface area contributed by atoms with E-state index in [0.29, 0.717) is 24.8 Å². The molecular weight excluding hydrogens is 256 g/mol. The van der Waals surface area contributed by atoms with Crippen LogP contribution in [0.25, 0.3) is 0 Å². The number of ether oxygens (including phenoxy) is 1. The summed E-state index contributed by atoms with van der Waals surface area (Å²) in [6.45, 7) is 7.92. The Hall–Kier alpha value is -1.56. The molecule has 1 amide bonds. The van der Waals surface area contributed by atoms with Crippen LogP contribution in [0.4, 0.5) is 5.95 Å². The summed E-state index contributed by atoms with van der Waals surface area (Å²) in [6, 6.07) is 0. The average molecular weight is 280 g/mol. The number of nitrogens with one attached hydrogen (secondary N) is 1. The van der Waals surface area contributed by atoms with Crippen LogP contribution in [0.15, 0.2) is 6.20 Å². The molecule has 2 rings (SSSR count). The number of amides is 1. The van der Waals surface area contributed by atoms with E-state index in [-0.39, 0.29) is 5.91 Å². The SMILES string of the molecule is COCCN(CC(C)C)C(=O)c1cn2c(n1)NCCC2. The van der Waals surface area contributed by atoms with E-state index in [9.17, 15) is 4.79 Å². The molecule has 0 unspecified atom stereocenters. The van der Waals surface area contributed by atoms with Gasteiger partial charge in [-0.3, -0.25) is 4.79 Å². The lowest BCUT2D eigenvalue weighted by molar-refractivity contribution is 0.0667. The molecule has 1 aliphatic heterocycles. The summed E-state index contributed by atoms with van der Waals surface area (Å²) in [4.78, 5) is 18.8. The second-order valence-electron chi connectivity index (χ2n) is 5.56. The number of fused-ring (bicyclic) bond motifs is 1. The fourth-order valence-corrected chi connectivity index (χ4v) is 2.36. The van der Waals surface area contributed by atoms with Crippen molar-refractivity contribution in [3.05, 3.63) is 11.9 Å². The topological polar surface area (TPSA) is 59.4 Å². The van der Waals surface area contributed by atoms with Crippen LogP contribution in [-0.4, -0.2) is 53.7 Å². The lowest BCUT2D eigenvalue weighted by Gasteiger charge is -2.23. The molecular formula is C14H24N4O2. The quantitative estimate of drug-likeness (QED) is 0.856. The van der Waals surface area contributed by atoms with E-state index >= 15 is 0 Å². The zero-order chi connectivity index (χ0) is 14.5. The maximum absolute atomic E-state index is 12.6. The molecule has 0 saturated carbocycles. The summed E-state index contributed by atoms with van der Waals surface area (Å²) in [5, 5.41) is 3.22. The van der Waals surface area contributed by atoms with Gasteiger partial charge in [0.15, 0.2) is 0 Å². The normalized spacial score (nSPS) is 14.0. The monoisotopic (exact) mass is 280 g/mol. The van der Waals surface area contributed by atoms with Crippen LogP contribution >= 0.6 is 0 Å². The van der Waals surface area contributed by atoms with Crippen LogP contribution < -0.4 is 5.32 Å². The first-order chi connectivity index (χ1) is 9.61. The Balaban J connectivity index is 2.11. The third-order valence-electron chi connectivity index (χ3n) is 3.29. The number of carbonyl (C=O) groups is 1. The zero-order valence-corrected chi connectivity index (χ0v) is 12.6. The summed E-state index contributed by atoms with van der Waals surface area (Å²) in [7, 11) is 1.65. The van der Waals surface area contributed by atoms with Gasteiger partial charge in [0.25, 0.3) is 5.91 Å². The van der Waals surface area contributed by atoms with E-state index in [4.69, 9.17) is 4.74 Å². The summed E-state index contributed by atoms with van der Waals surface area (Å²) < 4.78 is 7.10. The Kier molecular flexibility index (Phi) is 5.00. The molecule has 112 valence electrons. The summed E-state index contributed by atoms with van der Waals surface area (Å²) in [6.07, 6.45) is 2.92. The van der Waals surface area contributed by atoms with Crippen LogP contribution in [-0.2, 0) is 11.3 Å². The second kappa shape index (κ2) is 6.74. The summed E-state index contributed by atoms with van der Waals surface area (Å²) >= 11 is 0. The number of imidazole rings is 1. The maximum Gasteiger partial charge on any atom is 0.274 e. The highest BCUT2D eigenvalue weighted by molar-refractivity contribution is 5.92. The third kappa shape index (κ3) is 3.50. The largest absolute Gasteiger partial charge is 0.383 e. The number of hydrogen-bond donors (Lipinski definition) is 1. The Morgan fingerprint density at radius 2 is 2.40 bits per heavy atom. The molecule has 1 aromatic heterocycles. The van der Waals surface area contributed by atoms with Gasteiger partial charge in [-0.25, -0.2) is 4.98 Å². The van der Waals surface area contributed by atoms with Gasteiger partial charge in [-0.15, -0.1) is 0 Å². The molecule has 0 bridgehead atoms. The highest BCUT2D eigenvalue weighted by Crippen LogP contribution is 2.16. The molecule has 1 N–H and O–H groups in total. The molecule has 0 fully saturated rings. The van der Waals surface area contributed by atoms with Crippen molar-refractivity contribution in [1.29, 1.82) is 0 Å². The van der Waals surface area contributed by atoms with Gasteiger partial charge in [-0.1, -0.05) is 13.8 Å². The average Bonchev–Trinajstić information content (AvgIpc) is 2.86. The van der Waals surface area contributed by atoms with Gasteiger partial charge >= 0.3 is 0 Å². The summed E-state index contributed by atoms with van der Waals surface area (Å²) in [5.74, 6) is 1.21. The minimum atomic E-state index is -0.0144. The fourth-order valence-electron chi connectivity index (χ4n) is 2.36. The molecule has 6 heteroatoms. The molecule has 0 aliphatic carbocycles. The molecule has 0 atom stereocenters. The number of aromatic nitrogens is 2. The van der Waals surface area contributed by atoms with Gasteiger partial charge in [0.2, 0.25) is 5.95 Å². The van der Waals surface area contributed by atoms with Gasteiger partial charge in [0.05, 0.1) is 6.61 Å². The van der Waals surface area contributed by atoms with Crippen LogP contribution in [0.2, 0.25) is 0 Å². The Morgan fingerprint density at radius 1 is 1.60 bits per heavy atom. The Bertz CT molecular complexity index is 433. The minimum Gasteiger partial charge on any atom is -0.383 e. The van der Waals surface area contributed by atoms with Gasteiger partial charge in [-0.05, 0) is 12.3 Å². The number of methoxy groups -OCH3 is 1. The molecule has 0 saturated heterocycles. The van der Waals surface area contributed by atoms with Gasteiger partial charge in [-0.2, -0.15) is 0 Å². The van der Waals surface area contributed by atoms with Crippen molar-refractivity contribution in [2.45, 2.75) is 26.8 Å². The van der Waals surface area contributed by atoms with Gasteiger partial charge in [0, 0.05) is 39.5 Å². The van der Waals surface area contributed by atoms with Crippen LogP contribution in [0.3, 0.4) is 0 Å². The van der Waals surface area contributed by atoms with E-state index in [1.807, 2.05) is 15.7 Å². The minimum absolute atomic E-state index is 0.0144. The van der Waals surface area contributed by atoms with Crippen molar-refractivity contribution in [2.75, 3.05) is 38.7 Å². The molecule has 1 aliphatic rings. The molecule has 6 nitrogen and oxygen atoms in total. The predicted octanol–water partition coefficient (Wildman–Crippen LogP) is 1.44. The van der Waals surface area contributed by atoms with Crippen molar-refractivity contribution in [3.63, 3.8) is 0 Å². The summed E-state index contributed by atoms with van der Waals surface area (Å²) in [5.41, 5.74) is 0.520. The van der Waals surface area contributed by atoms with Gasteiger partial charge < -0.3 is 19.5 Å². The highest BCUT2D eigenvalue weighted by Gasteiger charge is 2.22. The number of nitrogens with zero attached hydrogens (tertiary/aromatic N) is 3. The smallest absolute Gasteiger partial charge is 0.274 e. The number of carbonyl (C=O) groups excluding carboxylic acids is 1. The fraction of sp³-hybridized carbons (Fsp3) is 0.714. The highest BCUT2D eigenvalue weighted by atomic mass is 16.5. The lowest BCUT2D eigenvalue weighted by atomic mass is 10.2. The van der Waals surface area contributed by atoms with Crippen molar-refractivity contribution < 1.29 is 9.53 Å². The van der Waals surface area contributed by atoms with Crippen molar-refractivity contribution >= 4 is 11.9 Å². The Labute approximate surface area is 120 Å². The van der Waals surface area contributed by atoms with E-state index in [1.165, 1.54) is 0 Å². The zero-order valence-electron chi connectivity index (χ0n) is 12.6. The van der Waals surface area contributed by atoms with Crippen molar-refractivity contribution in [3.8, 4) is 0 Å². The number of hydrogen-bond acceptors (Lipinski definition) is 4. The molecule has 2 heterocycles.